The van der Waals surface area contributed by atoms with Crippen molar-refractivity contribution in [3.8, 4) is 0 Å². The highest BCUT2D eigenvalue weighted by molar-refractivity contribution is 7.89. The van der Waals surface area contributed by atoms with Gasteiger partial charge in [0.25, 0.3) is 0 Å². The van der Waals surface area contributed by atoms with Gasteiger partial charge in [0.05, 0.1) is 4.90 Å². The van der Waals surface area contributed by atoms with Crippen LogP contribution in [0.15, 0.2) is 16.3 Å². The Morgan fingerprint density at radius 3 is 2.53 bits per heavy atom. The molecule has 2 N–H and O–H groups in total. The first-order valence-electron chi connectivity index (χ1n) is 5.48. The normalized spacial score (nSPS) is 13.2. The van der Waals surface area contributed by atoms with Crippen LogP contribution in [0.5, 0.6) is 0 Å². The van der Waals surface area contributed by atoms with Crippen LogP contribution in [0.25, 0.3) is 0 Å². The number of hydrogen-bond acceptors (Lipinski definition) is 4. The second kappa shape index (κ2) is 6.21. The number of halogens is 3. The van der Waals surface area contributed by atoms with Gasteiger partial charge in [-0.2, -0.15) is 13.2 Å². The second-order valence-corrected chi connectivity index (χ2v) is 6.92. The molecule has 1 aromatic rings. The van der Waals surface area contributed by atoms with Gasteiger partial charge in [0.15, 0.2) is 0 Å². The lowest BCUT2D eigenvalue weighted by molar-refractivity contribution is -0.121. The lowest BCUT2D eigenvalue weighted by Crippen LogP contribution is -2.34. The Morgan fingerprint density at radius 2 is 2.00 bits per heavy atom. The Bertz CT molecular complexity index is 509. The van der Waals surface area contributed by atoms with Gasteiger partial charge in [-0.3, -0.25) is 0 Å². The van der Waals surface area contributed by atoms with Crippen LogP contribution in [0.1, 0.15) is 18.7 Å². The summed E-state index contributed by atoms with van der Waals surface area (Å²) in [5.74, 6) is 0. The zero-order valence-electron chi connectivity index (χ0n) is 10.4. The third-order valence-corrected chi connectivity index (χ3v) is 4.66. The Labute approximate surface area is 114 Å². The van der Waals surface area contributed by atoms with E-state index in [1.54, 1.807) is 10.1 Å². The zero-order chi connectivity index (χ0) is 14.7. The fourth-order valence-corrected chi connectivity index (χ4v) is 3.66. The Morgan fingerprint density at radius 1 is 1.37 bits per heavy atom. The van der Waals surface area contributed by atoms with Gasteiger partial charge in [0, 0.05) is 17.5 Å². The average Bonchev–Trinajstić information content (AvgIpc) is 2.71. The van der Waals surface area contributed by atoms with E-state index in [1.165, 1.54) is 17.4 Å². The molecule has 0 saturated heterocycles. The van der Waals surface area contributed by atoms with Crippen LogP contribution in [0.2, 0.25) is 0 Å². The Kier molecular flexibility index (Phi) is 5.36. The van der Waals surface area contributed by atoms with Gasteiger partial charge in [-0.15, -0.1) is 11.3 Å². The van der Waals surface area contributed by atoms with Gasteiger partial charge in [0.1, 0.15) is 6.54 Å². The smallest absolute Gasteiger partial charge is 0.310 e. The van der Waals surface area contributed by atoms with E-state index in [0.717, 1.165) is 0 Å². The standard InChI is InChI=1S/C10H15F3N2O2S2/c1-7(2)14-5-8-9(3-4-18-8)19(16,17)15-6-10(11,12)13/h3-4,7,14-15H,5-6H2,1-2H3. The molecule has 0 atom stereocenters. The summed E-state index contributed by atoms with van der Waals surface area (Å²) in [4.78, 5) is 0.387. The van der Waals surface area contributed by atoms with E-state index < -0.39 is 22.7 Å². The maximum atomic E-state index is 12.0. The molecule has 1 aromatic heterocycles. The SMILES string of the molecule is CC(C)NCc1sccc1S(=O)(=O)NCC(F)(F)F. The summed E-state index contributed by atoms with van der Waals surface area (Å²) < 4.78 is 61.2. The largest absolute Gasteiger partial charge is 0.402 e. The zero-order valence-corrected chi connectivity index (χ0v) is 12.0. The quantitative estimate of drug-likeness (QED) is 0.845. The molecule has 1 heterocycles. The van der Waals surface area contributed by atoms with E-state index in [4.69, 9.17) is 0 Å². The fourth-order valence-electron chi connectivity index (χ4n) is 1.25. The lowest BCUT2D eigenvalue weighted by Gasteiger charge is -2.11. The van der Waals surface area contributed by atoms with Crippen molar-refractivity contribution in [1.29, 1.82) is 0 Å². The van der Waals surface area contributed by atoms with Gasteiger partial charge in [-0.25, -0.2) is 13.1 Å². The minimum Gasteiger partial charge on any atom is -0.310 e. The molecule has 0 unspecified atom stereocenters. The van der Waals surface area contributed by atoms with E-state index in [2.05, 4.69) is 5.32 Å². The average molecular weight is 316 g/mol. The van der Waals surface area contributed by atoms with E-state index >= 15 is 0 Å². The van der Waals surface area contributed by atoms with Crippen LogP contribution in [-0.4, -0.2) is 27.2 Å². The van der Waals surface area contributed by atoms with Crippen molar-refractivity contribution < 1.29 is 21.6 Å². The minimum atomic E-state index is -4.57. The number of sulfonamides is 1. The van der Waals surface area contributed by atoms with Crippen LogP contribution < -0.4 is 10.0 Å². The summed E-state index contributed by atoms with van der Waals surface area (Å²) in [6.45, 7) is 2.52. The molecule has 0 radical (unpaired) electrons. The van der Waals surface area contributed by atoms with Gasteiger partial charge in [-0.1, -0.05) is 13.8 Å². The number of thiophene rings is 1. The first-order valence-corrected chi connectivity index (χ1v) is 7.84. The highest BCUT2D eigenvalue weighted by Crippen LogP contribution is 2.23. The molecule has 0 saturated carbocycles. The van der Waals surface area contributed by atoms with E-state index in [-0.39, 0.29) is 10.9 Å². The molecule has 4 nitrogen and oxygen atoms in total. The molecule has 9 heteroatoms. The molecule has 0 aliphatic carbocycles. The van der Waals surface area contributed by atoms with Gasteiger partial charge >= 0.3 is 6.18 Å². The molecule has 1 rings (SSSR count). The van der Waals surface area contributed by atoms with E-state index in [1.807, 2.05) is 13.8 Å². The predicted octanol–water partition coefficient (Wildman–Crippen LogP) is 2.09. The van der Waals surface area contributed by atoms with Crippen LogP contribution in [-0.2, 0) is 16.6 Å². The summed E-state index contributed by atoms with van der Waals surface area (Å²) in [6.07, 6.45) is -4.57. The Balaban J connectivity index is 2.81. The molecule has 0 aliphatic heterocycles. The molecule has 0 aliphatic rings. The molecule has 19 heavy (non-hydrogen) atoms. The molecule has 0 fully saturated rings. The van der Waals surface area contributed by atoms with E-state index in [9.17, 15) is 21.6 Å². The van der Waals surface area contributed by atoms with E-state index in [0.29, 0.717) is 11.4 Å². The van der Waals surface area contributed by atoms with Crippen LogP contribution in [0.3, 0.4) is 0 Å². The summed E-state index contributed by atoms with van der Waals surface area (Å²) in [5.41, 5.74) is 0. The summed E-state index contributed by atoms with van der Waals surface area (Å²) in [6, 6.07) is 1.46. The first kappa shape index (κ1) is 16.4. The van der Waals surface area contributed by atoms with Gasteiger partial charge in [0.2, 0.25) is 10.0 Å². The number of alkyl halides is 3. The van der Waals surface area contributed by atoms with Crippen molar-refractivity contribution in [1.82, 2.24) is 10.0 Å². The highest BCUT2D eigenvalue weighted by atomic mass is 32.2. The number of rotatable bonds is 6. The summed E-state index contributed by atoms with van der Waals surface area (Å²) >= 11 is 1.19. The Hall–Kier alpha value is -0.640. The summed E-state index contributed by atoms with van der Waals surface area (Å²) in [5, 5.41) is 4.57. The van der Waals surface area contributed by atoms with Gasteiger partial charge < -0.3 is 5.32 Å². The maximum Gasteiger partial charge on any atom is 0.402 e. The first-order chi connectivity index (χ1) is 8.62. The van der Waals surface area contributed by atoms with Crippen LogP contribution in [0, 0.1) is 0 Å². The molecular formula is C10H15F3N2O2S2. The topological polar surface area (TPSA) is 58.2 Å². The summed E-state index contributed by atoms with van der Waals surface area (Å²) in [7, 11) is -4.13. The fraction of sp³-hybridized carbons (Fsp3) is 0.600. The number of hydrogen-bond donors (Lipinski definition) is 2. The van der Waals surface area contributed by atoms with Crippen LogP contribution in [0.4, 0.5) is 13.2 Å². The van der Waals surface area contributed by atoms with Crippen LogP contribution >= 0.6 is 11.3 Å². The number of nitrogens with one attached hydrogen (secondary N) is 2. The second-order valence-electron chi connectivity index (χ2n) is 4.18. The molecule has 0 bridgehead atoms. The van der Waals surface area contributed by atoms with Crippen molar-refractivity contribution in [2.45, 2.75) is 37.5 Å². The minimum absolute atomic E-state index is 0.102. The molecule has 0 spiro atoms. The molecule has 0 amide bonds. The lowest BCUT2D eigenvalue weighted by atomic mass is 10.4. The van der Waals surface area contributed by atoms with Crippen molar-refractivity contribution in [3.05, 3.63) is 16.3 Å². The third kappa shape index (κ3) is 5.47. The maximum absolute atomic E-state index is 12.0. The highest BCUT2D eigenvalue weighted by Gasteiger charge is 2.31. The predicted molar refractivity (Wildman–Crippen MR) is 67.5 cm³/mol. The van der Waals surface area contributed by atoms with Gasteiger partial charge in [-0.05, 0) is 11.4 Å². The molecule has 110 valence electrons. The van der Waals surface area contributed by atoms with Crippen molar-refractivity contribution in [2.75, 3.05) is 6.54 Å². The molecular weight excluding hydrogens is 301 g/mol. The van der Waals surface area contributed by atoms with Crippen molar-refractivity contribution in [2.24, 2.45) is 0 Å². The van der Waals surface area contributed by atoms with Crippen molar-refractivity contribution >= 4 is 21.4 Å². The monoisotopic (exact) mass is 316 g/mol. The van der Waals surface area contributed by atoms with Crippen molar-refractivity contribution in [3.63, 3.8) is 0 Å². The molecule has 0 aromatic carbocycles. The third-order valence-electron chi connectivity index (χ3n) is 2.13.